The Labute approximate surface area is 152 Å². The molecule has 8 nitrogen and oxygen atoms in total. The second-order valence-corrected chi connectivity index (χ2v) is 6.78. The van der Waals surface area contributed by atoms with Crippen molar-refractivity contribution in [1.29, 1.82) is 5.41 Å². The van der Waals surface area contributed by atoms with Crippen molar-refractivity contribution in [3.63, 3.8) is 0 Å². The lowest BCUT2D eigenvalue weighted by molar-refractivity contribution is 0.193. The standard InChI is InChI=1S/C18H24N6O2/c1-3-15-13-8-24(6-4-14(13)23-26-15)18(20-10-19)17-16(21-11(2)22-17)12-5-7-25-9-12/h10,12,19H,3-9H2,1-2H3,(H,21,22)/t12-/m1/s1. The van der Waals surface area contributed by atoms with Gasteiger partial charge in [-0.1, -0.05) is 12.1 Å². The number of aromatic amines is 1. The molecule has 0 unspecified atom stereocenters. The molecule has 2 aromatic heterocycles. The van der Waals surface area contributed by atoms with Crippen LogP contribution < -0.4 is 0 Å². The van der Waals surface area contributed by atoms with Gasteiger partial charge in [0.05, 0.1) is 18.0 Å². The van der Waals surface area contributed by atoms with E-state index in [-0.39, 0.29) is 0 Å². The van der Waals surface area contributed by atoms with Crippen LogP contribution in [0.1, 0.15) is 53.5 Å². The third-order valence-corrected chi connectivity index (χ3v) is 5.13. The summed E-state index contributed by atoms with van der Waals surface area (Å²) in [6, 6.07) is 0. The van der Waals surface area contributed by atoms with Gasteiger partial charge in [-0.05, 0) is 13.3 Å². The zero-order valence-corrected chi connectivity index (χ0v) is 15.2. The van der Waals surface area contributed by atoms with Gasteiger partial charge in [-0.15, -0.1) is 0 Å². The summed E-state index contributed by atoms with van der Waals surface area (Å²) in [7, 11) is 0. The number of amidine groups is 1. The minimum Gasteiger partial charge on any atom is -0.381 e. The number of hydrogen-bond donors (Lipinski definition) is 2. The van der Waals surface area contributed by atoms with Crippen molar-refractivity contribution < 1.29 is 9.26 Å². The molecule has 0 bridgehead atoms. The predicted molar refractivity (Wildman–Crippen MR) is 96.8 cm³/mol. The minimum atomic E-state index is 0.296. The van der Waals surface area contributed by atoms with Gasteiger partial charge < -0.3 is 19.1 Å². The normalized spacial score (nSPS) is 20.5. The zero-order chi connectivity index (χ0) is 18.1. The largest absolute Gasteiger partial charge is 0.381 e. The van der Waals surface area contributed by atoms with Crippen LogP contribution in [0.2, 0.25) is 0 Å². The van der Waals surface area contributed by atoms with Crippen molar-refractivity contribution in [2.75, 3.05) is 19.8 Å². The summed E-state index contributed by atoms with van der Waals surface area (Å²) in [5, 5.41) is 11.7. The van der Waals surface area contributed by atoms with Gasteiger partial charge in [-0.3, -0.25) is 5.41 Å². The van der Waals surface area contributed by atoms with Gasteiger partial charge >= 0.3 is 0 Å². The fourth-order valence-electron chi connectivity index (χ4n) is 3.82. The van der Waals surface area contributed by atoms with Crippen molar-refractivity contribution in [2.45, 2.75) is 45.6 Å². The van der Waals surface area contributed by atoms with E-state index in [0.29, 0.717) is 19.1 Å². The number of H-pyrrole nitrogens is 1. The van der Waals surface area contributed by atoms with Crippen LogP contribution in [0.4, 0.5) is 0 Å². The number of nitrogens with one attached hydrogen (secondary N) is 2. The Hall–Kier alpha value is -2.48. The van der Waals surface area contributed by atoms with E-state index < -0.39 is 0 Å². The summed E-state index contributed by atoms with van der Waals surface area (Å²) < 4.78 is 11.0. The maximum Gasteiger partial charge on any atom is 0.158 e. The topological polar surface area (TPSA) is 103 Å². The maximum atomic E-state index is 7.55. The Morgan fingerprint density at radius 3 is 3.12 bits per heavy atom. The number of imidazole rings is 1. The van der Waals surface area contributed by atoms with E-state index in [9.17, 15) is 0 Å². The molecule has 1 fully saturated rings. The molecule has 2 aliphatic heterocycles. The average molecular weight is 356 g/mol. The highest BCUT2D eigenvalue weighted by Gasteiger charge is 2.31. The molecule has 0 saturated carbocycles. The van der Waals surface area contributed by atoms with E-state index in [0.717, 1.165) is 78.8 Å². The van der Waals surface area contributed by atoms with Gasteiger partial charge in [-0.2, -0.15) is 0 Å². The summed E-state index contributed by atoms with van der Waals surface area (Å²) in [6.07, 6.45) is 3.70. The molecule has 2 aromatic rings. The molecule has 0 radical (unpaired) electrons. The third-order valence-electron chi connectivity index (χ3n) is 5.13. The van der Waals surface area contributed by atoms with Gasteiger partial charge in [0.15, 0.2) is 5.84 Å². The molecular formula is C18H24N6O2. The number of fused-ring (bicyclic) bond motifs is 1. The van der Waals surface area contributed by atoms with Gasteiger partial charge in [0.2, 0.25) is 0 Å². The van der Waals surface area contributed by atoms with Crippen LogP contribution in [0.3, 0.4) is 0 Å². The summed E-state index contributed by atoms with van der Waals surface area (Å²) >= 11 is 0. The van der Waals surface area contributed by atoms with E-state index in [4.69, 9.17) is 19.7 Å². The molecule has 138 valence electrons. The molecule has 26 heavy (non-hydrogen) atoms. The van der Waals surface area contributed by atoms with Crippen molar-refractivity contribution in [2.24, 2.45) is 4.99 Å². The van der Waals surface area contributed by atoms with Crippen LogP contribution in [-0.4, -0.2) is 52.0 Å². The molecule has 4 heterocycles. The van der Waals surface area contributed by atoms with E-state index in [1.165, 1.54) is 0 Å². The Morgan fingerprint density at radius 1 is 1.50 bits per heavy atom. The van der Waals surface area contributed by atoms with Crippen molar-refractivity contribution in [3.05, 3.63) is 34.2 Å². The Morgan fingerprint density at radius 2 is 2.38 bits per heavy atom. The molecule has 0 aromatic carbocycles. The SMILES string of the molecule is CCc1onc2c1CN(C(=NC=N)c1nc(C)[nH]c1[C@@H]1CCOC1)CC2. The van der Waals surface area contributed by atoms with E-state index in [2.05, 4.69) is 27.0 Å². The van der Waals surface area contributed by atoms with Gasteiger partial charge in [0.25, 0.3) is 0 Å². The third kappa shape index (κ3) is 2.94. The first kappa shape index (κ1) is 17.0. The number of nitrogens with zero attached hydrogens (tertiary/aromatic N) is 4. The fourth-order valence-corrected chi connectivity index (χ4v) is 3.82. The molecule has 0 amide bonds. The Kier molecular flexibility index (Phi) is 4.58. The van der Waals surface area contributed by atoms with Crippen molar-refractivity contribution in [3.8, 4) is 0 Å². The van der Waals surface area contributed by atoms with Gasteiger partial charge in [-0.25, -0.2) is 9.98 Å². The number of aliphatic imine (C=N–C) groups is 1. The van der Waals surface area contributed by atoms with Crippen LogP contribution in [0.25, 0.3) is 0 Å². The lowest BCUT2D eigenvalue weighted by atomic mass is 10.0. The van der Waals surface area contributed by atoms with E-state index in [1.54, 1.807) is 0 Å². The molecule has 4 rings (SSSR count). The fraction of sp³-hybridized carbons (Fsp3) is 0.556. The monoisotopic (exact) mass is 356 g/mol. The molecule has 2 N–H and O–H groups in total. The Bertz CT molecular complexity index is 817. The number of hydrogen-bond acceptors (Lipinski definition) is 5. The average Bonchev–Trinajstić information content (AvgIpc) is 3.38. The smallest absolute Gasteiger partial charge is 0.158 e. The molecule has 1 saturated heterocycles. The maximum absolute atomic E-state index is 7.55. The summed E-state index contributed by atoms with van der Waals surface area (Å²) in [5.74, 6) is 2.82. The summed E-state index contributed by atoms with van der Waals surface area (Å²) in [6.45, 7) is 6.95. The summed E-state index contributed by atoms with van der Waals surface area (Å²) in [4.78, 5) is 14.7. The first-order valence-electron chi connectivity index (χ1n) is 9.13. The van der Waals surface area contributed by atoms with E-state index in [1.807, 2.05) is 6.92 Å². The number of rotatable bonds is 4. The van der Waals surface area contributed by atoms with Crippen molar-refractivity contribution >= 4 is 12.2 Å². The van der Waals surface area contributed by atoms with Crippen LogP contribution >= 0.6 is 0 Å². The second kappa shape index (κ2) is 7.03. The molecule has 0 spiro atoms. The highest BCUT2D eigenvalue weighted by Crippen LogP contribution is 2.29. The first-order valence-corrected chi connectivity index (χ1v) is 9.13. The molecule has 0 aliphatic carbocycles. The quantitative estimate of drug-likeness (QED) is 0.645. The minimum absolute atomic E-state index is 0.296. The second-order valence-electron chi connectivity index (χ2n) is 6.78. The molecule has 2 aliphatic rings. The van der Waals surface area contributed by atoms with Crippen molar-refractivity contribution in [1.82, 2.24) is 20.0 Å². The molecular weight excluding hydrogens is 332 g/mol. The van der Waals surface area contributed by atoms with E-state index >= 15 is 0 Å². The number of aromatic nitrogens is 3. The predicted octanol–water partition coefficient (Wildman–Crippen LogP) is 2.18. The van der Waals surface area contributed by atoms with Crippen LogP contribution in [0, 0.1) is 12.3 Å². The highest BCUT2D eigenvalue weighted by molar-refractivity contribution is 6.01. The Balaban J connectivity index is 1.69. The summed E-state index contributed by atoms with van der Waals surface area (Å²) in [5.41, 5.74) is 4.08. The van der Waals surface area contributed by atoms with Crippen LogP contribution in [0.5, 0.6) is 0 Å². The number of ether oxygens (including phenoxy) is 1. The highest BCUT2D eigenvalue weighted by atomic mass is 16.5. The zero-order valence-electron chi connectivity index (χ0n) is 15.2. The molecule has 1 atom stereocenters. The lowest BCUT2D eigenvalue weighted by Crippen LogP contribution is -2.37. The lowest BCUT2D eigenvalue weighted by Gasteiger charge is -2.29. The molecule has 8 heteroatoms. The van der Waals surface area contributed by atoms with Crippen LogP contribution in [-0.2, 0) is 24.1 Å². The first-order chi connectivity index (χ1) is 12.7. The van der Waals surface area contributed by atoms with Gasteiger partial charge in [0, 0.05) is 44.0 Å². The number of aryl methyl sites for hydroxylation is 2. The van der Waals surface area contributed by atoms with Crippen LogP contribution in [0.15, 0.2) is 9.52 Å². The van der Waals surface area contributed by atoms with Gasteiger partial charge in [0.1, 0.15) is 23.6 Å².